The smallest absolute Gasteiger partial charge is 0.123 e. The second kappa shape index (κ2) is 3.21. The van der Waals surface area contributed by atoms with E-state index in [4.69, 9.17) is 4.42 Å². The predicted molar refractivity (Wildman–Crippen MR) is 56.1 cm³/mol. The van der Waals surface area contributed by atoms with Gasteiger partial charge in [-0.1, -0.05) is 0 Å². The first-order valence-electron chi connectivity index (χ1n) is 4.72. The summed E-state index contributed by atoms with van der Waals surface area (Å²) in [5.74, 6) is 0.919. The first-order valence-corrected chi connectivity index (χ1v) is 5.83. The van der Waals surface area contributed by atoms with Gasteiger partial charge in [-0.2, -0.15) is 0 Å². The van der Waals surface area contributed by atoms with Crippen molar-refractivity contribution in [2.24, 2.45) is 0 Å². The fourth-order valence-corrected chi connectivity index (χ4v) is 2.69. The minimum Gasteiger partial charge on any atom is -0.468 e. The monoisotopic (exact) mass is 213 g/mol. The van der Waals surface area contributed by atoms with Gasteiger partial charge in [0.1, 0.15) is 16.7 Å². The summed E-state index contributed by atoms with van der Waals surface area (Å²) in [6.07, 6.45) is 1.66. The van der Waals surface area contributed by atoms with Crippen LogP contribution in [0.25, 0.3) is 0 Å². The molecular formula is C10H15NO2S. The van der Waals surface area contributed by atoms with E-state index in [1.54, 1.807) is 6.26 Å². The first-order chi connectivity index (χ1) is 6.50. The zero-order valence-corrected chi connectivity index (χ0v) is 9.50. The summed E-state index contributed by atoms with van der Waals surface area (Å²) in [4.78, 5) is 0. The van der Waals surface area contributed by atoms with Crippen LogP contribution in [0, 0.1) is 0 Å². The van der Waals surface area contributed by atoms with E-state index in [0.29, 0.717) is 0 Å². The van der Waals surface area contributed by atoms with Crippen LogP contribution in [0.3, 0.4) is 0 Å². The van der Waals surface area contributed by atoms with Crippen molar-refractivity contribution in [3.05, 3.63) is 24.2 Å². The predicted octanol–water partition coefficient (Wildman–Crippen LogP) is 2.10. The molecule has 0 radical (unpaired) electrons. The van der Waals surface area contributed by atoms with Gasteiger partial charge in [-0.25, -0.2) is 8.51 Å². The second-order valence-electron chi connectivity index (χ2n) is 4.49. The number of rotatable bonds is 2. The van der Waals surface area contributed by atoms with Crippen LogP contribution in [0.15, 0.2) is 22.8 Å². The van der Waals surface area contributed by atoms with Crippen molar-refractivity contribution in [3.8, 4) is 0 Å². The van der Waals surface area contributed by atoms with E-state index in [0.717, 1.165) is 12.3 Å². The van der Waals surface area contributed by atoms with Crippen molar-refractivity contribution in [2.75, 3.05) is 6.54 Å². The quantitative estimate of drug-likeness (QED) is 0.705. The van der Waals surface area contributed by atoms with E-state index < -0.39 is 11.0 Å². The van der Waals surface area contributed by atoms with E-state index in [-0.39, 0.29) is 10.8 Å². The zero-order chi connectivity index (χ0) is 10.3. The summed E-state index contributed by atoms with van der Waals surface area (Å²) in [6.45, 7) is 6.80. The number of nitrogens with zero attached hydrogens (tertiary/aromatic N) is 1. The average molecular weight is 213 g/mol. The highest BCUT2D eigenvalue weighted by Gasteiger charge is 2.45. The minimum absolute atomic E-state index is 0.179. The van der Waals surface area contributed by atoms with E-state index in [1.165, 1.54) is 0 Å². The molecule has 1 aromatic rings. The molecule has 2 rings (SSSR count). The summed E-state index contributed by atoms with van der Waals surface area (Å²) in [5, 5.41) is 0. The van der Waals surface area contributed by atoms with E-state index in [2.05, 4.69) is 0 Å². The molecule has 4 heteroatoms. The Kier molecular flexibility index (Phi) is 2.27. The Morgan fingerprint density at radius 3 is 2.79 bits per heavy atom. The molecule has 1 saturated heterocycles. The van der Waals surface area contributed by atoms with Crippen LogP contribution in [0.1, 0.15) is 32.6 Å². The lowest BCUT2D eigenvalue weighted by molar-refractivity contribution is 0.493. The Labute approximate surface area is 86.7 Å². The highest BCUT2D eigenvalue weighted by Crippen LogP contribution is 2.39. The summed E-state index contributed by atoms with van der Waals surface area (Å²) >= 11 is 0. The third-order valence-electron chi connectivity index (χ3n) is 2.18. The SMILES string of the molecule is CC(C)(C)[S@@](=O)N1C[C@@H]1c1ccco1. The second-order valence-corrected chi connectivity index (χ2v) is 6.68. The lowest BCUT2D eigenvalue weighted by atomic mass is 10.3. The lowest BCUT2D eigenvalue weighted by Crippen LogP contribution is -2.27. The molecule has 1 aliphatic rings. The van der Waals surface area contributed by atoms with Gasteiger partial charge in [0.15, 0.2) is 0 Å². The third kappa shape index (κ3) is 1.77. The van der Waals surface area contributed by atoms with E-state index in [1.807, 2.05) is 37.2 Å². The van der Waals surface area contributed by atoms with Crippen LogP contribution in [0.5, 0.6) is 0 Å². The molecule has 1 fully saturated rings. The van der Waals surface area contributed by atoms with Gasteiger partial charge in [-0.3, -0.25) is 0 Å². The van der Waals surface area contributed by atoms with Crippen LogP contribution in [0.2, 0.25) is 0 Å². The Morgan fingerprint density at radius 2 is 2.29 bits per heavy atom. The van der Waals surface area contributed by atoms with Crippen LogP contribution in [-0.4, -0.2) is 19.8 Å². The molecule has 14 heavy (non-hydrogen) atoms. The summed E-state index contributed by atoms with van der Waals surface area (Å²) in [6, 6.07) is 4.03. The van der Waals surface area contributed by atoms with Gasteiger partial charge in [0, 0.05) is 6.54 Å². The van der Waals surface area contributed by atoms with Crippen LogP contribution < -0.4 is 0 Å². The molecule has 0 bridgehead atoms. The molecule has 0 amide bonds. The van der Waals surface area contributed by atoms with E-state index >= 15 is 0 Å². The Morgan fingerprint density at radius 1 is 1.57 bits per heavy atom. The summed E-state index contributed by atoms with van der Waals surface area (Å²) in [7, 11) is -0.919. The average Bonchev–Trinajstić information content (AvgIpc) is 2.69. The van der Waals surface area contributed by atoms with Gasteiger partial charge in [0.25, 0.3) is 0 Å². The van der Waals surface area contributed by atoms with Crippen LogP contribution >= 0.6 is 0 Å². The van der Waals surface area contributed by atoms with Gasteiger partial charge in [-0.15, -0.1) is 0 Å². The van der Waals surface area contributed by atoms with Crippen molar-refractivity contribution in [1.82, 2.24) is 4.31 Å². The fraction of sp³-hybridized carbons (Fsp3) is 0.600. The van der Waals surface area contributed by atoms with Crippen LogP contribution in [-0.2, 0) is 11.0 Å². The lowest BCUT2D eigenvalue weighted by Gasteiger charge is -2.17. The van der Waals surface area contributed by atoms with Gasteiger partial charge in [-0.05, 0) is 32.9 Å². The van der Waals surface area contributed by atoms with Gasteiger partial charge in [0.2, 0.25) is 0 Å². The van der Waals surface area contributed by atoms with E-state index in [9.17, 15) is 4.21 Å². The van der Waals surface area contributed by atoms with Crippen LogP contribution in [0.4, 0.5) is 0 Å². The Balaban J connectivity index is 2.04. The van der Waals surface area contributed by atoms with Crippen molar-refractivity contribution in [3.63, 3.8) is 0 Å². The molecular weight excluding hydrogens is 198 g/mol. The third-order valence-corrected chi connectivity index (χ3v) is 4.05. The topological polar surface area (TPSA) is 33.2 Å². The Bertz CT molecular complexity index is 340. The van der Waals surface area contributed by atoms with Crippen molar-refractivity contribution in [1.29, 1.82) is 0 Å². The fourth-order valence-electron chi connectivity index (χ4n) is 1.37. The number of hydrogen-bond donors (Lipinski definition) is 0. The van der Waals surface area contributed by atoms with Gasteiger partial charge < -0.3 is 4.42 Å². The van der Waals surface area contributed by atoms with Gasteiger partial charge in [0.05, 0.1) is 17.1 Å². The summed E-state index contributed by atoms with van der Waals surface area (Å²) in [5.41, 5.74) is 0. The maximum Gasteiger partial charge on any atom is 0.123 e. The molecule has 3 nitrogen and oxygen atoms in total. The maximum absolute atomic E-state index is 11.9. The van der Waals surface area contributed by atoms with Gasteiger partial charge >= 0.3 is 0 Å². The molecule has 0 N–H and O–H groups in total. The molecule has 1 aliphatic heterocycles. The van der Waals surface area contributed by atoms with Crippen molar-refractivity contribution in [2.45, 2.75) is 31.6 Å². The number of hydrogen-bond acceptors (Lipinski definition) is 2. The molecule has 0 spiro atoms. The molecule has 0 aliphatic carbocycles. The van der Waals surface area contributed by atoms with Crippen molar-refractivity contribution < 1.29 is 8.63 Å². The molecule has 1 unspecified atom stereocenters. The normalized spacial score (nSPS) is 28.8. The molecule has 0 aromatic carbocycles. The molecule has 0 saturated carbocycles. The molecule has 2 heterocycles. The van der Waals surface area contributed by atoms with Crippen molar-refractivity contribution >= 4 is 11.0 Å². The molecule has 3 atom stereocenters. The Hall–Kier alpha value is -0.610. The highest BCUT2D eigenvalue weighted by atomic mass is 32.2. The molecule has 78 valence electrons. The maximum atomic E-state index is 11.9. The summed E-state index contributed by atoms with van der Waals surface area (Å²) < 4.78 is 19.0. The highest BCUT2D eigenvalue weighted by molar-refractivity contribution is 7.84. The number of furan rings is 1. The minimum atomic E-state index is -0.919. The zero-order valence-electron chi connectivity index (χ0n) is 8.69. The first kappa shape index (κ1) is 9.93. The largest absolute Gasteiger partial charge is 0.468 e. The standard InChI is InChI=1S/C10H15NO2S/c1-10(2,3)14(12)11-7-8(11)9-5-4-6-13-9/h4-6,8H,7H2,1-3H3/t8-,11?,14-/m1/s1. The molecule has 1 aromatic heterocycles.